The van der Waals surface area contributed by atoms with Gasteiger partial charge in [-0.25, -0.2) is 0 Å². The Kier molecular flexibility index (Phi) is 4.79. The van der Waals surface area contributed by atoms with E-state index in [9.17, 15) is 0 Å². The van der Waals surface area contributed by atoms with Gasteiger partial charge in [-0.05, 0) is 32.0 Å². The van der Waals surface area contributed by atoms with Crippen LogP contribution in [0, 0.1) is 0 Å². The zero-order valence-corrected chi connectivity index (χ0v) is 15.2. The first kappa shape index (κ1) is 16.9. The Labute approximate surface area is 152 Å². The third-order valence-electron chi connectivity index (χ3n) is 4.98. The lowest BCUT2D eigenvalue weighted by atomic mass is 9.96. The highest BCUT2D eigenvalue weighted by Crippen LogP contribution is 2.27. The molecule has 138 valence electrons. The second kappa shape index (κ2) is 7.36. The first-order valence-corrected chi connectivity index (χ1v) is 9.12. The summed E-state index contributed by atoms with van der Waals surface area (Å²) in [4.78, 5) is 2.37. The summed E-state index contributed by atoms with van der Waals surface area (Å²) in [5.74, 6) is 3.85. The van der Waals surface area contributed by atoms with Crippen molar-refractivity contribution in [3.05, 3.63) is 41.9 Å². The fourth-order valence-electron chi connectivity index (χ4n) is 3.44. The molecule has 0 N–H and O–H groups in total. The van der Waals surface area contributed by atoms with Crippen molar-refractivity contribution in [1.29, 1.82) is 0 Å². The lowest BCUT2D eigenvalue weighted by Crippen LogP contribution is -2.33. The zero-order chi connectivity index (χ0) is 17.9. The molecule has 4 rings (SSSR count). The maximum Gasteiger partial charge on any atom is 0.230 e. The summed E-state index contributed by atoms with van der Waals surface area (Å²) in [6.45, 7) is 5.38. The van der Waals surface area contributed by atoms with Crippen LogP contribution >= 0.6 is 0 Å². The van der Waals surface area contributed by atoms with Crippen LogP contribution in [-0.4, -0.2) is 52.7 Å². The van der Waals surface area contributed by atoms with E-state index in [4.69, 9.17) is 4.42 Å². The van der Waals surface area contributed by atoms with Gasteiger partial charge in [0.2, 0.25) is 11.8 Å². The average molecular weight is 356 g/mol. The Morgan fingerprint density at radius 2 is 1.88 bits per heavy atom. The molecule has 0 bridgehead atoms. The molecule has 0 aliphatic carbocycles. The summed E-state index contributed by atoms with van der Waals surface area (Å²) in [7, 11) is 2.05. The standard InChI is InChI=1S/C17H24N8O/c1-3-15-20-21-16(26-15)12-24-9-5-13(6-10-24)17-22-19-14(23(17)2)11-25-8-4-7-18-25/h4,7-8,13H,3,5-6,9-12H2,1-2H3. The van der Waals surface area contributed by atoms with Crippen LogP contribution in [0.2, 0.25) is 0 Å². The summed E-state index contributed by atoms with van der Waals surface area (Å²) in [5, 5.41) is 21.2. The predicted octanol–water partition coefficient (Wildman–Crippen LogP) is 1.38. The van der Waals surface area contributed by atoms with Gasteiger partial charge >= 0.3 is 0 Å². The molecule has 0 unspecified atom stereocenters. The molecule has 1 saturated heterocycles. The summed E-state index contributed by atoms with van der Waals surface area (Å²) in [6.07, 6.45) is 6.61. The number of rotatable bonds is 6. The van der Waals surface area contributed by atoms with E-state index < -0.39 is 0 Å². The van der Waals surface area contributed by atoms with E-state index >= 15 is 0 Å². The van der Waals surface area contributed by atoms with E-state index in [-0.39, 0.29) is 0 Å². The molecule has 26 heavy (non-hydrogen) atoms. The van der Waals surface area contributed by atoms with Gasteiger partial charge in [0.25, 0.3) is 0 Å². The minimum absolute atomic E-state index is 0.434. The number of piperidine rings is 1. The third-order valence-corrected chi connectivity index (χ3v) is 4.98. The highest BCUT2D eigenvalue weighted by Gasteiger charge is 2.26. The molecular weight excluding hydrogens is 332 g/mol. The predicted molar refractivity (Wildman–Crippen MR) is 93.3 cm³/mol. The van der Waals surface area contributed by atoms with Crippen molar-refractivity contribution >= 4 is 0 Å². The van der Waals surface area contributed by atoms with E-state index in [1.54, 1.807) is 6.20 Å². The Hall–Kier alpha value is -2.55. The van der Waals surface area contributed by atoms with Crippen molar-refractivity contribution in [3.63, 3.8) is 0 Å². The summed E-state index contributed by atoms with van der Waals surface area (Å²) < 4.78 is 9.61. The smallest absolute Gasteiger partial charge is 0.230 e. The largest absolute Gasteiger partial charge is 0.424 e. The quantitative estimate of drug-likeness (QED) is 0.659. The van der Waals surface area contributed by atoms with Gasteiger partial charge in [-0.3, -0.25) is 9.58 Å². The van der Waals surface area contributed by atoms with Gasteiger partial charge in [0.1, 0.15) is 12.4 Å². The summed E-state index contributed by atoms with van der Waals surface area (Å²) >= 11 is 0. The first-order valence-electron chi connectivity index (χ1n) is 9.12. The molecule has 3 aromatic heterocycles. The lowest BCUT2D eigenvalue weighted by molar-refractivity contribution is 0.183. The molecule has 9 nitrogen and oxygen atoms in total. The number of aromatic nitrogens is 7. The number of aryl methyl sites for hydroxylation is 1. The summed E-state index contributed by atoms with van der Waals surface area (Å²) in [5.41, 5.74) is 0. The van der Waals surface area contributed by atoms with Gasteiger partial charge in [-0.1, -0.05) is 6.92 Å². The van der Waals surface area contributed by atoms with Gasteiger partial charge < -0.3 is 8.98 Å². The fraction of sp³-hybridized carbons (Fsp3) is 0.588. The molecular formula is C17H24N8O. The lowest BCUT2D eigenvalue weighted by Gasteiger charge is -2.30. The second-order valence-electron chi connectivity index (χ2n) is 6.73. The highest BCUT2D eigenvalue weighted by molar-refractivity contribution is 5.04. The van der Waals surface area contributed by atoms with Crippen LogP contribution in [0.25, 0.3) is 0 Å². The molecule has 3 aromatic rings. The van der Waals surface area contributed by atoms with E-state index in [0.29, 0.717) is 24.2 Å². The van der Waals surface area contributed by atoms with Crippen molar-refractivity contribution in [2.45, 2.75) is 45.2 Å². The number of likely N-dealkylation sites (tertiary alicyclic amines) is 1. The number of hydrogen-bond acceptors (Lipinski definition) is 7. The van der Waals surface area contributed by atoms with E-state index in [1.165, 1.54) is 0 Å². The molecule has 1 aliphatic heterocycles. The minimum atomic E-state index is 0.434. The van der Waals surface area contributed by atoms with Crippen LogP contribution in [-0.2, 0) is 26.6 Å². The van der Waals surface area contributed by atoms with Crippen LogP contribution in [0.3, 0.4) is 0 Å². The van der Waals surface area contributed by atoms with Crippen molar-refractivity contribution in [2.24, 2.45) is 7.05 Å². The molecule has 0 saturated carbocycles. The van der Waals surface area contributed by atoms with Crippen LogP contribution < -0.4 is 0 Å². The van der Waals surface area contributed by atoms with Crippen LogP contribution in [0.4, 0.5) is 0 Å². The van der Waals surface area contributed by atoms with Crippen molar-refractivity contribution in [2.75, 3.05) is 13.1 Å². The maximum absolute atomic E-state index is 5.62. The normalized spacial score (nSPS) is 16.4. The van der Waals surface area contributed by atoms with E-state index in [2.05, 4.69) is 35.0 Å². The van der Waals surface area contributed by atoms with Gasteiger partial charge in [0.15, 0.2) is 5.82 Å². The Balaban J connectivity index is 1.35. The fourth-order valence-corrected chi connectivity index (χ4v) is 3.44. The van der Waals surface area contributed by atoms with Gasteiger partial charge in [-0.2, -0.15) is 5.10 Å². The number of nitrogens with zero attached hydrogens (tertiary/aromatic N) is 8. The van der Waals surface area contributed by atoms with Crippen LogP contribution in [0.5, 0.6) is 0 Å². The van der Waals surface area contributed by atoms with E-state index in [0.717, 1.165) is 50.5 Å². The first-order chi connectivity index (χ1) is 12.7. The van der Waals surface area contributed by atoms with Gasteiger partial charge in [0.05, 0.1) is 6.54 Å². The highest BCUT2D eigenvalue weighted by atomic mass is 16.4. The van der Waals surface area contributed by atoms with Crippen molar-refractivity contribution < 1.29 is 4.42 Å². The molecule has 0 atom stereocenters. The molecule has 0 spiro atoms. The van der Waals surface area contributed by atoms with Crippen molar-refractivity contribution in [1.82, 2.24) is 39.6 Å². The zero-order valence-electron chi connectivity index (χ0n) is 15.2. The number of hydrogen-bond donors (Lipinski definition) is 0. The molecule has 1 aliphatic rings. The van der Waals surface area contributed by atoms with Gasteiger partial charge in [-0.15, -0.1) is 20.4 Å². The molecule has 0 aromatic carbocycles. The second-order valence-corrected chi connectivity index (χ2v) is 6.73. The third kappa shape index (κ3) is 3.52. The van der Waals surface area contributed by atoms with E-state index in [1.807, 2.05) is 30.9 Å². The Bertz CT molecular complexity index is 829. The molecule has 0 amide bonds. The summed E-state index contributed by atoms with van der Waals surface area (Å²) in [6, 6.07) is 1.92. The Morgan fingerprint density at radius 3 is 2.58 bits per heavy atom. The van der Waals surface area contributed by atoms with Gasteiger partial charge in [0, 0.05) is 31.8 Å². The Morgan fingerprint density at radius 1 is 1.08 bits per heavy atom. The minimum Gasteiger partial charge on any atom is -0.424 e. The monoisotopic (exact) mass is 356 g/mol. The van der Waals surface area contributed by atoms with Crippen LogP contribution in [0.15, 0.2) is 22.9 Å². The van der Waals surface area contributed by atoms with Crippen LogP contribution in [0.1, 0.15) is 49.1 Å². The SMILES string of the molecule is CCc1nnc(CN2CCC(c3nnc(Cn4cccn4)n3C)CC2)o1. The van der Waals surface area contributed by atoms with Crippen molar-refractivity contribution in [3.8, 4) is 0 Å². The maximum atomic E-state index is 5.62. The molecule has 0 radical (unpaired) electrons. The average Bonchev–Trinajstić information content (AvgIpc) is 3.39. The molecule has 9 heteroatoms. The molecule has 1 fully saturated rings. The molecule has 4 heterocycles. The topological polar surface area (TPSA) is 90.7 Å².